The number of rotatable bonds is 3. The summed E-state index contributed by atoms with van der Waals surface area (Å²) in [6, 6.07) is 14.9. The van der Waals surface area contributed by atoms with E-state index in [4.69, 9.17) is 0 Å². The van der Waals surface area contributed by atoms with Crippen molar-refractivity contribution >= 4 is 26.0 Å². The number of hydrogen-bond donors (Lipinski definition) is 0. The fourth-order valence-electron chi connectivity index (χ4n) is 2.89. The summed E-state index contributed by atoms with van der Waals surface area (Å²) in [5.74, 6) is 0. The number of benzene rings is 2. The lowest BCUT2D eigenvalue weighted by Crippen LogP contribution is -2.30. The Morgan fingerprint density at radius 2 is 1.68 bits per heavy atom. The second-order valence-corrected chi connectivity index (χ2v) is 8.44. The van der Waals surface area contributed by atoms with Gasteiger partial charge in [-0.05, 0) is 49.6 Å². The molecule has 22 heavy (non-hydrogen) atoms. The van der Waals surface area contributed by atoms with Gasteiger partial charge in [0.25, 0.3) is 0 Å². The molecule has 2 aromatic rings. The highest BCUT2D eigenvalue weighted by Gasteiger charge is 2.35. The van der Waals surface area contributed by atoms with E-state index in [-0.39, 0.29) is 6.04 Å². The molecule has 0 unspecified atom stereocenters. The third-order valence-electron chi connectivity index (χ3n) is 4.09. The number of halogens is 1. The lowest BCUT2D eigenvalue weighted by molar-refractivity contribution is 0.396. The van der Waals surface area contributed by atoms with E-state index in [9.17, 15) is 8.42 Å². The van der Waals surface area contributed by atoms with Crippen LogP contribution in [0.25, 0.3) is 0 Å². The summed E-state index contributed by atoms with van der Waals surface area (Å²) in [5, 5.41) is 0. The van der Waals surface area contributed by atoms with Crippen molar-refractivity contribution in [2.75, 3.05) is 6.54 Å². The SMILES string of the molecule is Cc1ccc([C@H]2CCCN2S(=O)(=O)c2ccc(Br)cc2)cc1. The van der Waals surface area contributed by atoms with Crippen molar-refractivity contribution in [2.24, 2.45) is 0 Å². The van der Waals surface area contributed by atoms with Gasteiger partial charge in [-0.2, -0.15) is 4.31 Å². The molecule has 2 aromatic carbocycles. The van der Waals surface area contributed by atoms with E-state index in [0.29, 0.717) is 11.4 Å². The van der Waals surface area contributed by atoms with Crippen LogP contribution < -0.4 is 0 Å². The van der Waals surface area contributed by atoms with Crippen molar-refractivity contribution in [3.63, 3.8) is 0 Å². The van der Waals surface area contributed by atoms with Gasteiger partial charge >= 0.3 is 0 Å². The average molecular weight is 380 g/mol. The first-order chi connectivity index (χ1) is 10.5. The largest absolute Gasteiger partial charge is 0.243 e. The van der Waals surface area contributed by atoms with Crippen LogP contribution in [-0.2, 0) is 10.0 Å². The second kappa shape index (κ2) is 6.14. The first-order valence-corrected chi connectivity index (χ1v) is 9.56. The van der Waals surface area contributed by atoms with Crippen molar-refractivity contribution in [1.82, 2.24) is 4.31 Å². The lowest BCUT2D eigenvalue weighted by atomic mass is 10.0. The summed E-state index contributed by atoms with van der Waals surface area (Å²) in [6.45, 7) is 2.62. The van der Waals surface area contributed by atoms with Crippen LogP contribution in [0, 0.1) is 6.92 Å². The molecule has 0 radical (unpaired) electrons. The van der Waals surface area contributed by atoms with Crippen LogP contribution in [0.3, 0.4) is 0 Å². The lowest BCUT2D eigenvalue weighted by Gasteiger charge is -2.24. The average Bonchev–Trinajstić information content (AvgIpc) is 2.99. The highest BCUT2D eigenvalue weighted by atomic mass is 79.9. The van der Waals surface area contributed by atoms with Gasteiger partial charge in [-0.3, -0.25) is 0 Å². The van der Waals surface area contributed by atoms with Crippen LogP contribution in [0.5, 0.6) is 0 Å². The highest BCUT2D eigenvalue weighted by molar-refractivity contribution is 9.10. The minimum absolute atomic E-state index is 0.0609. The Hall–Kier alpha value is -1.17. The number of sulfonamides is 1. The van der Waals surface area contributed by atoms with Crippen LogP contribution in [0.1, 0.15) is 30.0 Å². The molecule has 0 aromatic heterocycles. The maximum absolute atomic E-state index is 12.9. The third kappa shape index (κ3) is 2.98. The van der Waals surface area contributed by atoms with E-state index in [1.807, 2.05) is 31.2 Å². The van der Waals surface area contributed by atoms with Gasteiger partial charge in [-0.1, -0.05) is 45.8 Å². The van der Waals surface area contributed by atoms with Gasteiger partial charge in [0.2, 0.25) is 10.0 Å². The van der Waals surface area contributed by atoms with E-state index in [1.165, 1.54) is 5.56 Å². The predicted octanol–water partition coefficient (Wildman–Crippen LogP) is 4.28. The van der Waals surface area contributed by atoms with E-state index < -0.39 is 10.0 Å². The summed E-state index contributed by atoms with van der Waals surface area (Å²) in [6.07, 6.45) is 1.77. The van der Waals surface area contributed by atoms with Gasteiger partial charge in [0, 0.05) is 11.0 Å². The zero-order valence-electron chi connectivity index (χ0n) is 12.4. The molecule has 0 N–H and O–H groups in total. The van der Waals surface area contributed by atoms with E-state index in [0.717, 1.165) is 22.9 Å². The quantitative estimate of drug-likeness (QED) is 0.797. The van der Waals surface area contributed by atoms with Crippen molar-refractivity contribution in [1.29, 1.82) is 0 Å². The Labute approximate surface area is 140 Å². The Balaban J connectivity index is 1.95. The Morgan fingerprint density at radius 1 is 1.05 bits per heavy atom. The molecule has 0 amide bonds. The minimum atomic E-state index is -3.45. The zero-order chi connectivity index (χ0) is 15.7. The summed E-state index contributed by atoms with van der Waals surface area (Å²) < 4.78 is 28.3. The smallest absolute Gasteiger partial charge is 0.207 e. The molecule has 1 aliphatic rings. The van der Waals surface area contributed by atoms with Crippen LogP contribution in [0.4, 0.5) is 0 Å². The number of aryl methyl sites for hydroxylation is 1. The Morgan fingerprint density at radius 3 is 2.32 bits per heavy atom. The molecule has 5 heteroatoms. The van der Waals surface area contributed by atoms with Gasteiger partial charge in [0.1, 0.15) is 0 Å². The number of hydrogen-bond acceptors (Lipinski definition) is 2. The Bertz CT molecular complexity index is 754. The normalized spacial score (nSPS) is 19.5. The third-order valence-corrected chi connectivity index (χ3v) is 6.54. The molecule has 0 spiro atoms. The highest BCUT2D eigenvalue weighted by Crippen LogP contribution is 2.36. The van der Waals surface area contributed by atoms with Crippen LogP contribution >= 0.6 is 15.9 Å². The molecule has 1 fully saturated rings. The van der Waals surface area contributed by atoms with Gasteiger partial charge in [-0.25, -0.2) is 8.42 Å². The zero-order valence-corrected chi connectivity index (χ0v) is 14.8. The topological polar surface area (TPSA) is 37.4 Å². The Kier molecular flexibility index (Phi) is 4.39. The molecule has 3 rings (SSSR count). The van der Waals surface area contributed by atoms with Gasteiger partial charge in [0.05, 0.1) is 10.9 Å². The van der Waals surface area contributed by atoms with Crippen LogP contribution in [-0.4, -0.2) is 19.3 Å². The molecule has 1 atom stereocenters. The molecular formula is C17H18BrNO2S. The van der Waals surface area contributed by atoms with Crippen molar-refractivity contribution in [2.45, 2.75) is 30.7 Å². The molecule has 0 aliphatic carbocycles. The first kappa shape index (κ1) is 15.7. The predicted molar refractivity (Wildman–Crippen MR) is 91.2 cm³/mol. The maximum Gasteiger partial charge on any atom is 0.243 e. The molecular weight excluding hydrogens is 362 g/mol. The molecule has 1 saturated heterocycles. The minimum Gasteiger partial charge on any atom is -0.207 e. The molecule has 0 bridgehead atoms. The van der Waals surface area contributed by atoms with Crippen molar-refractivity contribution < 1.29 is 8.42 Å². The van der Waals surface area contributed by atoms with Crippen molar-refractivity contribution in [3.8, 4) is 0 Å². The van der Waals surface area contributed by atoms with Gasteiger partial charge < -0.3 is 0 Å². The summed E-state index contributed by atoms with van der Waals surface area (Å²) in [5.41, 5.74) is 2.26. The standard InChI is InChI=1S/C17H18BrNO2S/c1-13-4-6-14(7-5-13)17-3-2-12-19(17)22(20,21)16-10-8-15(18)9-11-16/h4-11,17H,2-3,12H2,1H3/t17-/m1/s1. The molecule has 0 saturated carbocycles. The van der Waals surface area contributed by atoms with Crippen LogP contribution in [0.2, 0.25) is 0 Å². The van der Waals surface area contributed by atoms with Crippen LogP contribution in [0.15, 0.2) is 57.9 Å². The van der Waals surface area contributed by atoms with Crippen molar-refractivity contribution in [3.05, 3.63) is 64.1 Å². The first-order valence-electron chi connectivity index (χ1n) is 7.32. The molecule has 3 nitrogen and oxygen atoms in total. The van der Waals surface area contributed by atoms with E-state index in [2.05, 4.69) is 15.9 Å². The summed E-state index contributed by atoms with van der Waals surface area (Å²) in [4.78, 5) is 0.356. The fourth-order valence-corrected chi connectivity index (χ4v) is 4.84. The fraction of sp³-hybridized carbons (Fsp3) is 0.294. The maximum atomic E-state index is 12.9. The molecule has 1 aliphatic heterocycles. The second-order valence-electron chi connectivity index (χ2n) is 5.64. The molecule has 116 valence electrons. The number of nitrogens with zero attached hydrogens (tertiary/aromatic N) is 1. The summed E-state index contributed by atoms with van der Waals surface area (Å²) in [7, 11) is -3.45. The van der Waals surface area contributed by atoms with E-state index >= 15 is 0 Å². The monoisotopic (exact) mass is 379 g/mol. The van der Waals surface area contributed by atoms with E-state index in [1.54, 1.807) is 28.6 Å². The van der Waals surface area contributed by atoms with Gasteiger partial charge in [-0.15, -0.1) is 0 Å². The summed E-state index contributed by atoms with van der Waals surface area (Å²) >= 11 is 3.34. The molecule has 1 heterocycles. The van der Waals surface area contributed by atoms with Gasteiger partial charge in [0.15, 0.2) is 0 Å².